The third-order valence-electron chi connectivity index (χ3n) is 18.5. The number of hydrogen-bond donors (Lipinski definition) is 0. The van der Waals surface area contributed by atoms with Crippen LogP contribution in [0.3, 0.4) is 0 Å². The van der Waals surface area contributed by atoms with Crippen LogP contribution in [0, 0.1) is 29.6 Å². The number of unbranched alkanes of at least 4 members (excludes halogenated alkanes) is 5. The van der Waals surface area contributed by atoms with Gasteiger partial charge in [0.1, 0.15) is 22.4 Å². The first-order valence-corrected chi connectivity index (χ1v) is 34.3. The monoisotopic (exact) mass is 1090 g/mol. The Balaban J connectivity index is 1.25. The normalized spacial score (nSPS) is 19.4. The quantitative estimate of drug-likeness (QED) is 0.0422. The number of thiophene rings is 4. The molecule has 0 radical (unpaired) electrons. The second-order valence-electron chi connectivity index (χ2n) is 23.3. The molecule has 6 heterocycles. The number of rotatable bonds is 32. The van der Waals surface area contributed by atoms with Crippen LogP contribution in [-0.2, 0) is 28.7 Å². The molecule has 3 aliphatic rings. The summed E-state index contributed by atoms with van der Waals surface area (Å²) in [7, 11) is 0. The van der Waals surface area contributed by atoms with E-state index in [1.807, 2.05) is 45.3 Å². The van der Waals surface area contributed by atoms with Crippen molar-refractivity contribution in [2.24, 2.45) is 38.3 Å². The molecular formula is C64H91N5S5. The van der Waals surface area contributed by atoms with E-state index >= 15 is 0 Å². The Morgan fingerprint density at radius 2 is 0.797 bits per heavy atom. The van der Waals surface area contributed by atoms with E-state index in [4.69, 9.17) is 18.9 Å². The first-order chi connectivity index (χ1) is 36.2. The fraction of sp³-hybridized carbons (Fsp3) is 0.656. The van der Waals surface area contributed by atoms with Crippen LogP contribution >= 0.6 is 45.3 Å². The van der Waals surface area contributed by atoms with Gasteiger partial charge >= 0.3 is 0 Å². The molecular weight excluding hydrogens is 999 g/mol. The fourth-order valence-corrected chi connectivity index (χ4v) is 19.5. The van der Waals surface area contributed by atoms with Crippen molar-refractivity contribution in [1.82, 2.24) is 15.0 Å². The van der Waals surface area contributed by atoms with E-state index in [1.165, 1.54) is 188 Å². The first kappa shape index (κ1) is 56.0. The number of nitrogens with zero attached hydrogens (tertiary/aromatic N) is 5. The highest BCUT2D eigenvalue weighted by atomic mass is 32.1. The molecule has 0 bridgehead atoms. The van der Waals surface area contributed by atoms with E-state index < -0.39 is 0 Å². The van der Waals surface area contributed by atoms with E-state index in [2.05, 4.69) is 109 Å². The highest BCUT2D eigenvalue weighted by molar-refractivity contribution is 7.58. The summed E-state index contributed by atoms with van der Waals surface area (Å²) in [5, 5.41) is 16.2. The van der Waals surface area contributed by atoms with Crippen LogP contribution in [0.4, 0.5) is 11.4 Å². The first-order valence-electron chi connectivity index (χ1n) is 30.2. The Labute approximate surface area is 467 Å². The lowest BCUT2D eigenvalue weighted by Gasteiger charge is -2.37. The number of hydrogen-bond acceptors (Lipinski definition) is 8. The zero-order valence-corrected chi connectivity index (χ0v) is 51.4. The fourth-order valence-electron chi connectivity index (χ4n) is 14.0. The maximum atomic E-state index is 5.68. The van der Waals surface area contributed by atoms with Crippen LogP contribution in [0.25, 0.3) is 51.4 Å². The molecule has 0 N–H and O–H groups in total. The Morgan fingerprint density at radius 3 is 1.14 bits per heavy atom. The van der Waals surface area contributed by atoms with Crippen molar-refractivity contribution in [3.8, 4) is 40.4 Å². The SMILES string of the molecule is CCCCC(CC)Cn1nc2c(-c3cc4c(s3)-c3sccc3C4(CC(CC)CCCC)CC(CC)CCCC)c3c(c(-c4cc5c(s4)-c4sccc4C5(CC(CC)CCCC)CC(CC)CCCC)c2n1)N=S=N3. The van der Waals surface area contributed by atoms with Crippen LogP contribution in [0.1, 0.15) is 246 Å². The molecule has 0 saturated carbocycles. The summed E-state index contributed by atoms with van der Waals surface area (Å²) < 4.78 is 10.7. The lowest BCUT2D eigenvalue weighted by Crippen LogP contribution is -2.31. The summed E-state index contributed by atoms with van der Waals surface area (Å²) >= 11 is 9.37. The molecule has 0 fully saturated rings. The highest BCUT2D eigenvalue weighted by Crippen LogP contribution is 2.65. The van der Waals surface area contributed by atoms with Crippen LogP contribution in [0.5, 0.6) is 0 Å². The molecule has 402 valence electrons. The van der Waals surface area contributed by atoms with E-state index in [-0.39, 0.29) is 10.8 Å². The standard InChI is InChI=1S/C64H91N5S5/c1-11-21-26-42(16-6)37-63(38-43(17-7)27-22-12-2)47-31-33-70-59(47)61-49(63)35-51(72-61)53-55-56(66-69(65-55)41-46(20-10)30-25-15-5)54(58-57(53)67-74-68-58)52-36-50-62(73-52)60-48(32-34-71-60)64(50,39-44(18-8)28-23-13-3)40-45(19-9)29-24-14-4/h31-36,42-46H,11-30,37-41H2,1-10H3. The van der Waals surface area contributed by atoms with Crippen molar-refractivity contribution >= 4 is 79.1 Å². The number of benzene rings is 1. The second-order valence-corrected chi connectivity index (χ2v) is 27.7. The average molecular weight is 1090 g/mol. The van der Waals surface area contributed by atoms with Gasteiger partial charge in [-0.3, -0.25) is 0 Å². The Bertz CT molecular complexity index is 2650. The largest absolute Gasteiger partial charge is 0.183 e. The van der Waals surface area contributed by atoms with Gasteiger partial charge in [-0.2, -0.15) is 23.7 Å². The van der Waals surface area contributed by atoms with Crippen LogP contribution < -0.4 is 0 Å². The number of fused-ring (bicyclic) bond motifs is 8. The van der Waals surface area contributed by atoms with Crippen LogP contribution in [0.15, 0.2) is 43.8 Å². The summed E-state index contributed by atoms with van der Waals surface area (Å²) in [5.41, 5.74) is 12.8. The molecule has 5 unspecified atom stereocenters. The van der Waals surface area contributed by atoms with Crippen LogP contribution in [0.2, 0.25) is 0 Å². The molecule has 2 aliphatic carbocycles. The summed E-state index contributed by atoms with van der Waals surface area (Å²) in [6, 6.07) is 10.4. The maximum absolute atomic E-state index is 5.68. The van der Waals surface area contributed by atoms with Gasteiger partial charge in [0.25, 0.3) is 0 Å². The lowest BCUT2D eigenvalue weighted by atomic mass is 9.65. The molecule has 0 spiro atoms. The van der Waals surface area contributed by atoms with Gasteiger partial charge in [-0.1, -0.05) is 191 Å². The van der Waals surface area contributed by atoms with Crippen molar-refractivity contribution in [3.63, 3.8) is 0 Å². The molecule has 0 amide bonds. The second kappa shape index (κ2) is 25.4. The molecule has 10 heteroatoms. The van der Waals surface area contributed by atoms with Crippen molar-refractivity contribution in [2.45, 2.75) is 241 Å². The Morgan fingerprint density at radius 1 is 0.446 bits per heavy atom. The van der Waals surface area contributed by atoms with Gasteiger partial charge in [-0.05, 0) is 119 Å². The van der Waals surface area contributed by atoms with Gasteiger partial charge < -0.3 is 0 Å². The number of aromatic nitrogens is 3. The van der Waals surface area contributed by atoms with Crippen molar-refractivity contribution in [2.75, 3.05) is 0 Å². The van der Waals surface area contributed by atoms with Crippen LogP contribution in [-0.4, -0.2) is 15.0 Å². The molecule has 5 nitrogen and oxygen atoms in total. The zero-order valence-electron chi connectivity index (χ0n) is 47.3. The molecule has 5 atom stereocenters. The smallest absolute Gasteiger partial charge is 0.124 e. The molecule has 74 heavy (non-hydrogen) atoms. The summed E-state index contributed by atoms with van der Waals surface area (Å²) in [5.74, 6) is 3.33. The maximum Gasteiger partial charge on any atom is 0.124 e. The third kappa shape index (κ3) is 10.7. The molecule has 5 aromatic heterocycles. The van der Waals surface area contributed by atoms with Gasteiger partial charge in [-0.25, -0.2) is 0 Å². The Hall–Kier alpha value is -2.76. The zero-order chi connectivity index (χ0) is 52.0. The van der Waals surface area contributed by atoms with E-state index in [9.17, 15) is 0 Å². The lowest BCUT2D eigenvalue weighted by molar-refractivity contribution is 0.266. The van der Waals surface area contributed by atoms with E-state index in [1.54, 1.807) is 22.3 Å². The van der Waals surface area contributed by atoms with Gasteiger partial charge in [-0.15, -0.1) is 45.3 Å². The Kier molecular flexibility index (Phi) is 19.2. The van der Waals surface area contributed by atoms with E-state index in [0.29, 0.717) is 29.6 Å². The minimum Gasteiger partial charge on any atom is -0.183 e. The van der Waals surface area contributed by atoms with Gasteiger partial charge in [0.05, 0.1) is 29.0 Å². The average Bonchev–Trinajstić information content (AvgIpc) is 4.29. The van der Waals surface area contributed by atoms with E-state index in [0.717, 1.165) is 46.5 Å². The van der Waals surface area contributed by atoms with Gasteiger partial charge in [0.2, 0.25) is 0 Å². The highest BCUT2D eigenvalue weighted by Gasteiger charge is 2.50. The summed E-state index contributed by atoms with van der Waals surface area (Å²) in [6.07, 6.45) is 30.2. The van der Waals surface area contributed by atoms with Gasteiger partial charge in [0.15, 0.2) is 0 Å². The predicted molar refractivity (Wildman–Crippen MR) is 329 cm³/mol. The minimum atomic E-state index is 0.0112. The topological polar surface area (TPSA) is 55.4 Å². The molecule has 0 saturated heterocycles. The van der Waals surface area contributed by atoms with Crippen molar-refractivity contribution < 1.29 is 0 Å². The molecule has 6 aromatic rings. The van der Waals surface area contributed by atoms with Gasteiger partial charge in [0, 0.05) is 40.1 Å². The van der Waals surface area contributed by atoms with Crippen molar-refractivity contribution in [3.05, 3.63) is 57.3 Å². The molecule has 9 rings (SSSR count). The minimum absolute atomic E-state index is 0.0112. The van der Waals surface area contributed by atoms with Crippen molar-refractivity contribution in [1.29, 1.82) is 0 Å². The molecule has 1 aliphatic heterocycles. The third-order valence-corrected chi connectivity index (χ3v) is 23.5. The summed E-state index contributed by atoms with van der Waals surface area (Å²) in [4.78, 5) is 10.7. The summed E-state index contributed by atoms with van der Waals surface area (Å²) in [6.45, 7) is 24.8. The predicted octanol–water partition coefficient (Wildman–Crippen LogP) is 22.9. The molecule has 1 aromatic carbocycles.